The zero-order valence-corrected chi connectivity index (χ0v) is 23.9. The third kappa shape index (κ3) is 7.51. The Labute approximate surface area is 233 Å². The van der Waals surface area contributed by atoms with Gasteiger partial charge < -0.3 is 20.9 Å². The lowest BCUT2D eigenvalue weighted by molar-refractivity contribution is 0.162. The molecule has 0 atom stereocenters. The fourth-order valence-electron chi connectivity index (χ4n) is 3.80. The average molecular weight is 572 g/mol. The monoisotopic (exact) mass is 571 g/mol. The highest BCUT2D eigenvalue weighted by Gasteiger charge is 2.20. The number of anilines is 3. The van der Waals surface area contributed by atoms with E-state index in [1.807, 2.05) is 13.8 Å². The van der Waals surface area contributed by atoms with Gasteiger partial charge in [0.15, 0.2) is 11.6 Å². The maximum atomic E-state index is 15.4. The SMILES string of the molecule is CCOCC.COc1cc(-c2cccc(NS(=O)(=O)CC(C)C)c2F)cc2c(N)nc(-c3cnc(N)nc3)nc12. The summed E-state index contributed by atoms with van der Waals surface area (Å²) in [4.78, 5) is 16.8. The minimum absolute atomic E-state index is 0.112. The number of nitrogens with two attached hydrogens (primary N) is 2. The van der Waals surface area contributed by atoms with Crippen LogP contribution in [0.4, 0.5) is 21.8 Å². The molecule has 0 radical (unpaired) electrons. The third-order valence-corrected chi connectivity index (χ3v) is 7.12. The van der Waals surface area contributed by atoms with E-state index in [0.29, 0.717) is 27.8 Å². The van der Waals surface area contributed by atoms with Crippen molar-refractivity contribution >= 4 is 38.4 Å². The molecule has 0 saturated carbocycles. The molecular weight excluding hydrogens is 537 g/mol. The molecule has 214 valence electrons. The Kier molecular flexibility index (Phi) is 10.1. The highest BCUT2D eigenvalue weighted by molar-refractivity contribution is 7.92. The molecule has 5 N–H and O–H groups in total. The predicted molar refractivity (Wildman–Crippen MR) is 156 cm³/mol. The maximum absolute atomic E-state index is 15.4. The summed E-state index contributed by atoms with van der Waals surface area (Å²) in [5, 5.41) is 0.435. The molecule has 0 spiro atoms. The number of nitrogen functional groups attached to an aromatic ring is 2. The predicted octanol–water partition coefficient (Wildman–Crippen LogP) is 4.51. The van der Waals surface area contributed by atoms with Crippen LogP contribution in [0.3, 0.4) is 0 Å². The average Bonchev–Trinajstić information content (AvgIpc) is 2.90. The molecule has 4 rings (SSSR count). The first kappa shape index (κ1) is 30.4. The molecule has 0 unspecified atom stereocenters. The lowest BCUT2D eigenvalue weighted by Crippen LogP contribution is -2.20. The van der Waals surface area contributed by atoms with Crippen LogP contribution >= 0.6 is 0 Å². The lowest BCUT2D eigenvalue weighted by Gasteiger charge is -2.15. The molecule has 11 nitrogen and oxygen atoms in total. The number of aromatic nitrogens is 4. The zero-order chi connectivity index (χ0) is 29.4. The van der Waals surface area contributed by atoms with Crippen LogP contribution in [-0.4, -0.2) is 54.4 Å². The summed E-state index contributed by atoms with van der Waals surface area (Å²) >= 11 is 0. The minimum Gasteiger partial charge on any atom is -0.494 e. The molecule has 0 saturated heterocycles. The Hall–Kier alpha value is -4.10. The fraction of sp³-hybridized carbons (Fsp3) is 0.333. The summed E-state index contributed by atoms with van der Waals surface area (Å²) in [6.07, 6.45) is 2.95. The van der Waals surface area contributed by atoms with Crippen molar-refractivity contribution in [3.63, 3.8) is 0 Å². The zero-order valence-electron chi connectivity index (χ0n) is 23.1. The molecular formula is C27H34FN7O4S. The van der Waals surface area contributed by atoms with Crippen LogP contribution in [0.2, 0.25) is 0 Å². The van der Waals surface area contributed by atoms with Crippen molar-refractivity contribution in [1.82, 2.24) is 19.9 Å². The first-order valence-electron chi connectivity index (χ1n) is 12.6. The number of benzene rings is 2. The molecule has 13 heteroatoms. The molecule has 0 fully saturated rings. The molecule has 0 aliphatic carbocycles. The first-order valence-corrected chi connectivity index (χ1v) is 14.2. The van der Waals surface area contributed by atoms with Gasteiger partial charge in [0.2, 0.25) is 16.0 Å². The summed E-state index contributed by atoms with van der Waals surface area (Å²) in [6.45, 7) is 9.21. The Balaban J connectivity index is 0.000000810. The van der Waals surface area contributed by atoms with Crippen LogP contribution in [0.15, 0.2) is 42.7 Å². The molecule has 2 aromatic heterocycles. The van der Waals surface area contributed by atoms with E-state index in [9.17, 15) is 8.42 Å². The van der Waals surface area contributed by atoms with Crippen LogP contribution < -0.4 is 20.9 Å². The van der Waals surface area contributed by atoms with Crippen molar-refractivity contribution in [3.05, 3.63) is 48.5 Å². The van der Waals surface area contributed by atoms with Crippen LogP contribution in [0.5, 0.6) is 5.75 Å². The third-order valence-electron chi connectivity index (χ3n) is 5.48. The van der Waals surface area contributed by atoms with E-state index in [0.717, 1.165) is 13.2 Å². The number of methoxy groups -OCH3 is 1. The molecule has 0 aliphatic heterocycles. The maximum Gasteiger partial charge on any atom is 0.233 e. The van der Waals surface area contributed by atoms with Gasteiger partial charge in [-0.15, -0.1) is 0 Å². The smallest absolute Gasteiger partial charge is 0.233 e. The summed E-state index contributed by atoms with van der Waals surface area (Å²) in [5.74, 6) is -0.122. The molecule has 0 bridgehead atoms. The van der Waals surface area contributed by atoms with Crippen molar-refractivity contribution in [3.8, 4) is 28.3 Å². The molecule has 2 heterocycles. The molecule has 0 aliphatic rings. The highest BCUT2D eigenvalue weighted by atomic mass is 32.2. The number of halogens is 1. The van der Waals surface area contributed by atoms with Gasteiger partial charge in [0, 0.05) is 36.6 Å². The van der Waals surface area contributed by atoms with Crippen molar-refractivity contribution < 1.29 is 22.3 Å². The van der Waals surface area contributed by atoms with E-state index >= 15 is 4.39 Å². The van der Waals surface area contributed by atoms with Gasteiger partial charge in [-0.3, -0.25) is 4.72 Å². The van der Waals surface area contributed by atoms with E-state index in [2.05, 4.69) is 24.7 Å². The normalized spacial score (nSPS) is 11.3. The summed E-state index contributed by atoms with van der Waals surface area (Å²) in [7, 11) is -2.26. The largest absolute Gasteiger partial charge is 0.494 e. The number of ether oxygens (including phenoxy) is 2. The number of nitrogens with one attached hydrogen (secondary N) is 1. The number of sulfonamides is 1. The number of hydrogen-bond acceptors (Lipinski definition) is 10. The quantitative estimate of drug-likeness (QED) is 0.260. The lowest BCUT2D eigenvalue weighted by atomic mass is 10.0. The number of rotatable bonds is 9. The van der Waals surface area contributed by atoms with Gasteiger partial charge in [0.05, 0.1) is 24.1 Å². The van der Waals surface area contributed by atoms with Crippen LogP contribution in [0.25, 0.3) is 33.4 Å². The minimum atomic E-state index is -3.72. The Morgan fingerprint density at radius 1 is 1.02 bits per heavy atom. The summed E-state index contributed by atoms with van der Waals surface area (Å²) < 4.78 is 52.8. The van der Waals surface area contributed by atoms with Crippen molar-refractivity contribution in [1.29, 1.82) is 0 Å². The number of fused-ring (bicyclic) bond motifs is 1. The van der Waals surface area contributed by atoms with E-state index in [1.165, 1.54) is 31.6 Å². The molecule has 40 heavy (non-hydrogen) atoms. The van der Waals surface area contributed by atoms with Gasteiger partial charge in [-0.2, -0.15) is 0 Å². The van der Waals surface area contributed by atoms with E-state index in [1.54, 1.807) is 32.0 Å². The standard InChI is InChI=1S/C23H24FN7O3S.C4H10O/c1-12(2)11-35(32,33)31-17-6-4-5-15(19(17)24)13-7-16-20(18(8-13)34-3)29-22(30-21(16)25)14-9-27-23(26)28-10-14;1-3-5-4-2/h4-10,12,31H,11H2,1-3H3,(H2,25,29,30)(H2,26,27,28);3-4H2,1-2H3. The molecule has 0 amide bonds. The fourth-order valence-corrected chi connectivity index (χ4v) is 5.26. The molecule has 2 aromatic carbocycles. The second-order valence-electron chi connectivity index (χ2n) is 9.06. The number of hydrogen-bond donors (Lipinski definition) is 3. The van der Waals surface area contributed by atoms with Crippen LogP contribution in [0.1, 0.15) is 27.7 Å². The van der Waals surface area contributed by atoms with Crippen molar-refractivity contribution in [2.24, 2.45) is 5.92 Å². The van der Waals surface area contributed by atoms with Crippen LogP contribution in [-0.2, 0) is 14.8 Å². The van der Waals surface area contributed by atoms with Crippen LogP contribution in [0, 0.1) is 11.7 Å². The topological polar surface area (TPSA) is 168 Å². The van der Waals surface area contributed by atoms with Gasteiger partial charge in [-0.05, 0) is 43.5 Å². The summed E-state index contributed by atoms with van der Waals surface area (Å²) in [6, 6.07) is 7.69. The Morgan fingerprint density at radius 3 is 2.27 bits per heavy atom. The van der Waals surface area contributed by atoms with Gasteiger partial charge >= 0.3 is 0 Å². The second kappa shape index (κ2) is 13.3. The van der Waals surface area contributed by atoms with Crippen molar-refractivity contribution in [2.75, 3.05) is 42.3 Å². The Bertz CT molecular complexity index is 1560. The number of nitrogens with zero attached hydrogens (tertiary/aromatic N) is 4. The van der Waals surface area contributed by atoms with Gasteiger partial charge in [-0.25, -0.2) is 32.7 Å². The van der Waals surface area contributed by atoms with E-state index in [-0.39, 0.29) is 40.5 Å². The van der Waals surface area contributed by atoms with E-state index < -0.39 is 15.8 Å². The first-order chi connectivity index (χ1) is 19.0. The summed E-state index contributed by atoms with van der Waals surface area (Å²) in [5.41, 5.74) is 13.1. The van der Waals surface area contributed by atoms with Gasteiger partial charge in [0.25, 0.3) is 0 Å². The molecule has 4 aromatic rings. The van der Waals surface area contributed by atoms with E-state index in [4.69, 9.17) is 20.9 Å². The van der Waals surface area contributed by atoms with Gasteiger partial charge in [0.1, 0.15) is 17.1 Å². The Morgan fingerprint density at radius 2 is 1.70 bits per heavy atom. The van der Waals surface area contributed by atoms with Crippen molar-refractivity contribution in [2.45, 2.75) is 27.7 Å². The second-order valence-corrected chi connectivity index (χ2v) is 10.8. The highest BCUT2D eigenvalue weighted by Crippen LogP contribution is 2.37. The van der Waals surface area contributed by atoms with Gasteiger partial charge in [-0.1, -0.05) is 26.0 Å².